The maximum atomic E-state index is 5.01. The van der Waals surface area contributed by atoms with Gasteiger partial charge in [0.15, 0.2) is 0 Å². The molecule has 3 heteroatoms. The Morgan fingerprint density at radius 3 is 2.50 bits per heavy atom. The van der Waals surface area contributed by atoms with E-state index in [4.69, 9.17) is 4.74 Å². The first-order valence-corrected chi connectivity index (χ1v) is 6.85. The molecule has 0 aromatic carbocycles. The van der Waals surface area contributed by atoms with Crippen LogP contribution in [0, 0.1) is 0 Å². The molecule has 3 nitrogen and oxygen atoms in total. The zero-order chi connectivity index (χ0) is 11.5. The van der Waals surface area contributed by atoms with Crippen molar-refractivity contribution in [3.05, 3.63) is 0 Å². The lowest BCUT2D eigenvalue weighted by atomic mass is 10.1. The van der Waals surface area contributed by atoms with Gasteiger partial charge in [-0.2, -0.15) is 0 Å². The fourth-order valence-corrected chi connectivity index (χ4v) is 2.23. The van der Waals surface area contributed by atoms with Crippen LogP contribution in [0.1, 0.15) is 38.5 Å². The summed E-state index contributed by atoms with van der Waals surface area (Å²) in [7, 11) is 1.77. The van der Waals surface area contributed by atoms with Crippen molar-refractivity contribution in [3.8, 4) is 0 Å². The monoisotopic (exact) mass is 228 g/mol. The van der Waals surface area contributed by atoms with Crippen LogP contribution >= 0.6 is 0 Å². The highest BCUT2D eigenvalue weighted by atomic mass is 16.5. The number of likely N-dealkylation sites (tertiary alicyclic amines) is 1. The molecule has 0 spiro atoms. The summed E-state index contributed by atoms with van der Waals surface area (Å²) in [5.41, 5.74) is 0. The van der Waals surface area contributed by atoms with Gasteiger partial charge >= 0.3 is 0 Å². The Morgan fingerprint density at radius 1 is 1.00 bits per heavy atom. The molecule has 96 valence electrons. The molecule has 16 heavy (non-hydrogen) atoms. The smallest absolute Gasteiger partial charge is 0.0462 e. The first-order chi connectivity index (χ1) is 7.93. The van der Waals surface area contributed by atoms with E-state index >= 15 is 0 Å². The van der Waals surface area contributed by atoms with Crippen LogP contribution in [0.25, 0.3) is 0 Å². The van der Waals surface area contributed by atoms with Gasteiger partial charge in [-0.05, 0) is 64.8 Å². The molecule has 1 N–H and O–H groups in total. The van der Waals surface area contributed by atoms with Crippen molar-refractivity contribution in [2.24, 2.45) is 0 Å². The highest BCUT2D eigenvalue weighted by molar-refractivity contribution is 4.64. The number of hydrogen-bond acceptors (Lipinski definition) is 3. The van der Waals surface area contributed by atoms with E-state index in [1.165, 1.54) is 64.7 Å². The van der Waals surface area contributed by atoms with Gasteiger partial charge in [0, 0.05) is 13.7 Å². The number of nitrogens with zero attached hydrogens (tertiary/aromatic N) is 1. The van der Waals surface area contributed by atoms with Crippen LogP contribution < -0.4 is 5.32 Å². The fraction of sp³-hybridized carbons (Fsp3) is 1.00. The summed E-state index contributed by atoms with van der Waals surface area (Å²) in [5, 5.41) is 3.50. The van der Waals surface area contributed by atoms with E-state index < -0.39 is 0 Å². The number of nitrogens with one attached hydrogen (secondary N) is 1. The van der Waals surface area contributed by atoms with Gasteiger partial charge in [0.25, 0.3) is 0 Å². The summed E-state index contributed by atoms with van der Waals surface area (Å²) < 4.78 is 5.01. The molecule has 0 saturated carbocycles. The first kappa shape index (κ1) is 13.9. The zero-order valence-electron chi connectivity index (χ0n) is 10.8. The Hall–Kier alpha value is -0.120. The highest BCUT2D eigenvalue weighted by Gasteiger charge is 2.08. The van der Waals surface area contributed by atoms with Gasteiger partial charge in [-0.25, -0.2) is 0 Å². The average Bonchev–Trinajstić information content (AvgIpc) is 2.34. The lowest BCUT2D eigenvalue weighted by Crippen LogP contribution is -2.32. The van der Waals surface area contributed by atoms with Gasteiger partial charge in [0.1, 0.15) is 0 Å². The van der Waals surface area contributed by atoms with E-state index in [0.29, 0.717) is 0 Å². The maximum Gasteiger partial charge on any atom is 0.0462 e. The van der Waals surface area contributed by atoms with Crippen molar-refractivity contribution in [1.82, 2.24) is 10.2 Å². The molecular formula is C13H28N2O. The summed E-state index contributed by atoms with van der Waals surface area (Å²) in [4.78, 5) is 2.61. The topological polar surface area (TPSA) is 24.5 Å². The summed E-state index contributed by atoms with van der Waals surface area (Å²) in [6, 6.07) is 0. The molecular weight excluding hydrogens is 200 g/mol. The standard InChI is InChI=1S/C13H28N2O/c1-16-13-6-3-8-14-9-7-12-15-10-4-2-5-11-15/h14H,2-13H2,1H3. The third-order valence-corrected chi connectivity index (χ3v) is 3.23. The van der Waals surface area contributed by atoms with Crippen LogP contribution in [0.2, 0.25) is 0 Å². The highest BCUT2D eigenvalue weighted by Crippen LogP contribution is 2.08. The quantitative estimate of drug-likeness (QED) is 0.610. The minimum atomic E-state index is 0.898. The summed E-state index contributed by atoms with van der Waals surface area (Å²) in [5.74, 6) is 0. The van der Waals surface area contributed by atoms with E-state index in [9.17, 15) is 0 Å². The number of methoxy groups -OCH3 is 1. The Kier molecular flexibility index (Phi) is 8.77. The maximum absolute atomic E-state index is 5.01. The van der Waals surface area contributed by atoms with Crippen molar-refractivity contribution >= 4 is 0 Å². The molecule has 1 aliphatic heterocycles. The predicted molar refractivity (Wildman–Crippen MR) is 68.9 cm³/mol. The average molecular weight is 228 g/mol. The minimum Gasteiger partial charge on any atom is -0.385 e. The number of ether oxygens (including phenoxy) is 1. The van der Waals surface area contributed by atoms with E-state index in [2.05, 4.69) is 10.2 Å². The van der Waals surface area contributed by atoms with Gasteiger partial charge in [0.2, 0.25) is 0 Å². The van der Waals surface area contributed by atoms with Gasteiger partial charge in [-0.15, -0.1) is 0 Å². The molecule has 0 unspecified atom stereocenters. The second-order valence-corrected chi connectivity index (χ2v) is 4.71. The van der Waals surface area contributed by atoms with Crippen molar-refractivity contribution in [2.75, 3.05) is 46.4 Å². The molecule has 1 rings (SSSR count). The van der Waals surface area contributed by atoms with Crippen molar-refractivity contribution in [2.45, 2.75) is 38.5 Å². The van der Waals surface area contributed by atoms with Crippen LogP contribution in [0.5, 0.6) is 0 Å². The van der Waals surface area contributed by atoms with Crippen LogP contribution in [0.4, 0.5) is 0 Å². The molecule has 1 fully saturated rings. The summed E-state index contributed by atoms with van der Waals surface area (Å²) in [6.07, 6.45) is 7.96. The van der Waals surface area contributed by atoms with E-state index in [0.717, 1.165) is 13.2 Å². The number of rotatable bonds is 9. The second kappa shape index (κ2) is 10.1. The molecule has 1 heterocycles. The van der Waals surface area contributed by atoms with Gasteiger partial charge in [0.05, 0.1) is 0 Å². The van der Waals surface area contributed by atoms with Gasteiger partial charge < -0.3 is 15.0 Å². The van der Waals surface area contributed by atoms with Crippen LogP contribution in [-0.2, 0) is 4.74 Å². The number of hydrogen-bond donors (Lipinski definition) is 1. The molecule has 0 radical (unpaired) electrons. The second-order valence-electron chi connectivity index (χ2n) is 4.71. The summed E-state index contributed by atoms with van der Waals surface area (Å²) >= 11 is 0. The van der Waals surface area contributed by atoms with Crippen molar-refractivity contribution in [3.63, 3.8) is 0 Å². The number of piperidine rings is 1. The van der Waals surface area contributed by atoms with Gasteiger partial charge in [-0.1, -0.05) is 6.42 Å². The Balaban J connectivity index is 1.77. The zero-order valence-corrected chi connectivity index (χ0v) is 10.8. The van der Waals surface area contributed by atoms with Crippen LogP contribution in [-0.4, -0.2) is 51.3 Å². The first-order valence-electron chi connectivity index (χ1n) is 6.85. The molecule has 0 aromatic heterocycles. The van der Waals surface area contributed by atoms with Crippen molar-refractivity contribution < 1.29 is 4.74 Å². The number of unbranched alkanes of at least 4 members (excludes halogenated alkanes) is 1. The molecule has 0 amide bonds. The molecule has 1 aliphatic rings. The van der Waals surface area contributed by atoms with Gasteiger partial charge in [-0.3, -0.25) is 0 Å². The van der Waals surface area contributed by atoms with E-state index in [1.54, 1.807) is 7.11 Å². The normalized spacial score (nSPS) is 17.8. The fourth-order valence-electron chi connectivity index (χ4n) is 2.23. The summed E-state index contributed by atoms with van der Waals surface area (Å²) in [6.45, 7) is 7.15. The SMILES string of the molecule is COCCCCNCCCN1CCCCC1. The molecule has 0 bridgehead atoms. The van der Waals surface area contributed by atoms with Crippen molar-refractivity contribution in [1.29, 1.82) is 0 Å². The third kappa shape index (κ3) is 7.20. The Bertz CT molecular complexity index is 147. The third-order valence-electron chi connectivity index (χ3n) is 3.23. The Labute approximate surface area is 101 Å². The Morgan fingerprint density at radius 2 is 1.75 bits per heavy atom. The van der Waals surface area contributed by atoms with E-state index in [1.807, 2.05) is 0 Å². The molecule has 1 saturated heterocycles. The molecule has 0 aromatic rings. The van der Waals surface area contributed by atoms with Crippen LogP contribution in [0.3, 0.4) is 0 Å². The largest absolute Gasteiger partial charge is 0.385 e. The molecule has 0 aliphatic carbocycles. The lowest BCUT2D eigenvalue weighted by molar-refractivity contribution is 0.192. The van der Waals surface area contributed by atoms with E-state index in [-0.39, 0.29) is 0 Å². The molecule has 0 atom stereocenters. The lowest BCUT2D eigenvalue weighted by Gasteiger charge is -2.26. The predicted octanol–water partition coefficient (Wildman–Crippen LogP) is 1.88. The van der Waals surface area contributed by atoms with Crippen LogP contribution in [0.15, 0.2) is 0 Å². The minimum absolute atomic E-state index is 0.898.